The Hall–Kier alpha value is -1.49. The fraction of sp³-hybridized carbons (Fsp3) is 0.417. The van der Waals surface area contributed by atoms with E-state index in [4.69, 9.17) is 5.26 Å². The molecule has 2 rings (SSSR count). The van der Waals surface area contributed by atoms with Crippen molar-refractivity contribution in [1.29, 1.82) is 5.26 Å². The van der Waals surface area contributed by atoms with Gasteiger partial charge in [-0.3, -0.25) is 0 Å². The van der Waals surface area contributed by atoms with E-state index in [0.717, 1.165) is 13.0 Å². The van der Waals surface area contributed by atoms with Gasteiger partial charge in [0, 0.05) is 6.54 Å². The van der Waals surface area contributed by atoms with E-state index >= 15 is 0 Å². The summed E-state index contributed by atoms with van der Waals surface area (Å²) in [5, 5.41) is 8.93. The van der Waals surface area contributed by atoms with Gasteiger partial charge in [-0.15, -0.1) is 0 Å². The second-order valence-corrected chi connectivity index (χ2v) is 3.86. The summed E-state index contributed by atoms with van der Waals surface area (Å²) in [4.78, 5) is 1.85. The van der Waals surface area contributed by atoms with Gasteiger partial charge in [-0.1, -0.05) is 18.2 Å². The molecule has 72 valence electrons. The van der Waals surface area contributed by atoms with Crippen LogP contribution < -0.4 is 0 Å². The number of rotatable bonds is 0. The summed E-state index contributed by atoms with van der Waals surface area (Å²) in [6.07, 6.45) is 3.25. The first-order valence-corrected chi connectivity index (χ1v) is 4.99. The number of fused-ring (bicyclic) bond motifs is 1. The monoisotopic (exact) mass is 186 g/mol. The van der Waals surface area contributed by atoms with Gasteiger partial charge in [0.25, 0.3) is 0 Å². The molecule has 0 spiro atoms. The molecule has 0 aromatic heterocycles. The lowest BCUT2D eigenvalue weighted by Gasteiger charge is -2.31. The minimum absolute atomic E-state index is 0.239. The van der Waals surface area contributed by atoms with Crippen LogP contribution in [0.5, 0.6) is 0 Å². The average Bonchev–Trinajstić information content (AvgIpc) is 2.20. The summed E-state index contributed by atoms with van der Waals surface area (Å²) in [5.74, 6) is 0. The predicted octanol–water partition coefficient (Wildman–Crippen LogP) is 2.40. The third kappa shape index (κ3) is 1.26. The minimum atomic E-state index is 0.239. The minimum Gasteiger partial charge on any atom is -0.303 e. The number of benzene rings is 1. The average molecular weight is 186 g/mol. The van der Waals surface area contributed by atoms with E-state index in [2.05, 4.69) is 38.2 Å². The van der Waals surface area contributed by atoms with Crippen LogP contribution in [0, 0.1) is 18.4 Å². The van der Waals surface area contributed by atoms with Crippen LogP contribution in [0.3, 0.4) is 0 Å². The zero-order chi connectivity index (χ0) is 10.1. The maximum Gasteiger partial charge on any atom is 0.179 e. The maximum absolute atomic E-state index is 8.93. The van der Waals surface area contributed by atoms with Crippen LogP contribution >= 0.6 is 0 Å². The molecule has 1 atom stereocenters. The van der Waals surface area contributed by atoms with Crippen molar-refractivity contribution in [1.82, 2.24) is 4.90 Å². The van der Waals surface area contributed by atoms with Crippen molar-refractivity contribution in [3.05, 3.63) is 34.9 Å². The van der Waals surface area contributed by atoms with Crippen LogP contribution in [0.25, 0.3) is 0 Å². The lowest BCUT2D eigenvalue weighted by Crippen LogP contribution is -2.30. The first-order valence-electron chi connectivity index (χ1n) is 4.99. The fourth-order valence-corrected chi connectivity index (χ4v) is 2.19. The lowest BCUT2D eigenvalue weighted by molar-refractivity contribution is 0.296. The standard InChI is InChI=1S/C12H14N2/c1-9-4-3-5-12-10(2)14(8-13)7-6-11(9)12/h3-5,10H,6-7H2,1-2H3. The largest absolute Gasteiger partial charge is 0.303 e. The molecule has 0 amide bonds. The van der Waals surface area contributed by atoms with Gasteiger partial charge >= 0.3 is 0 Å². The summed E-state index contributed by atoms with van der Waals surface area (Å²) >= 11 is 0. The van der Waals surface area contributed by atoms with Gasteiger partial charge < -0.3 is 4.90 Å². The van der Waals surface area contributed by atoms with E-state index < -0.39 is 0 Å². The van der Waals surface area contributed by atoms with Crippen molar-refractivity contribution in [3.8, 4) is 6.19 Å². The molecule has 1 unspecified atom stereocenters. The van der Waals surface area contributed by atoms with E-state index in [1.807, 2.05) is 4.90 Å². The number of aryl methyl sites for hydroxylation is 1. The Kier molecular flexibility index (Phi) is 2.17. The van der Waals surface area contributed by atoms with E-state index in [1.165, 1.54) is 16.7 Å². The van der Waals surface area contributed by atoms with Crippen molar-refractivity contribution in [2.45, 2.75) is 26.3 Å². The van der Waals surface area contributed by atoms with Gasteiger partial charge in [0.05, 0.1) is 6.04 Å². The van der Waals surface area contributed by atoms with Crippen molar-refractivity contribution in [2.75, 3.05) is 6.54 Å². The SMILES string of the molecule is Cc1cccc2c1CCN(C#N)C2C. The summed E-state index contributed by atoms with van der Waals surface area (Å²) < 4.78 is 0. The molecule has 0 radical (unpaired) electrons. The zero-order valence-electron chi connectivity index (χ0n) is 8.62. The second-order valence-electron chi connectivity index (χ2n) is 3.86. The van der Waals surface area contributed by atoms with Gasteiger partial charge in [-0.05, 0) is 37.0 Å². The van der Waals surface area contributed by atoms with Crippen molar-refractivity contribution in [3.63, 3.8) is 0 Å². The molecular formula is C12H14N2. The van der Waals surface area contributed by atoms with Crippen LogP contribution in [0.2, 0.25) is 0 Å². The highest BCUT2D eigenvalue weighted by atomic mass is 15.1. The Morgan fingerprint density at radius 1 is 1.50 bits per heavy atom. The smallest absolute Gasteiger partial charge is 0.179 e. The van der Waals surface area contributed by atoms with Crippen LogP contribution in [-0.4, -0.2) is 11.4 Å². The molecule has 1 aliphatic heterocycles. The highest BCUT2D eigenvalue weighted by Gasteiger charge is 2.23. The summed E-state index contributed by atoms with van der Waals surface area (Å²) in [5.41, 5.74) is 4.11. The Morgan fingerprint density at radius 3 is 3.00 bits per heavy atom. The molecule has 14 heavy (non-hydrogen) atoms. The Bertz CT molecular complexity index is 390. The van der Waals surface area contributed by atoms with E-state index in [9.17, 15) is 0 Å². The van der Waals surface area contributed by atoms with Gasteiger partial charge in [-0.2, -0.15) is 5.26 Å². The van der Waals surface area contributed by atoms with Crippen LogP contribution in [0.1, 0.15) is 29.7 Å². The molecule has 2 nitrogen and oxygen atoms in total. The summed E-state index contributed by atoms with van der Waals surface area (Å²) in [7, 11) is 0. The normalized spacial score (nSPS) is 20.1. The maximum atomic E-state index is 8.93. The molecule has 1 aromatic carbocycles. The van der Waals surface area contributed by atoms with Crippen LogP contribution in [-0.2, 0) is 6.42 Å². The summed E-state index contributed by atoms with van der Waals surface area (Å²) in [6, 6.07) is 6.60. The first kappa shape index (κ1) is 9.08. The number of nitriles is 1. The molecule has 1 aliphatic rings. The van der Waals surface area contributed by atoms with E-state index in [-0.39, 0.29) is 6.04 Å². The molecule has 1 aromatic rings. The van der Waals surface area contributed by atoms with Gasteiger partial charge in [0.15, 0.2) is 6.19 Å². The second kappa shape index (κ2) is 3.34. The van der Waals surface area contributed by atoms with Crippen LogP contribution in [0.4, 0.5) is 0 Å². The number of hydrogen-bond donors (Lipinski definition) is 0. The number of hydrogen-bond acceptors (Lipinski definition) is 2. The lowest BCUT2D eigenvalue weighted by atomic mass is 9.91. The highest BCUT2D eigenvalue weighted by Crippen LogP contribution is 2.30. The Balaban J connectivity index is 2.47. The fourth-order valence-electron chi connectivity index (χ4n) is 2.19. The Morgan fingerprint density at radius 2 is 2.29 bits per heavy atom. The van der Waals surface area contributed by atoms with Crippen molar-refractivity contribution < 1.29 is 0 Å². The number of nitrogens with zero attached hydrogens (tertiary/aromatic N) is 2. The predicted molar refractivity (Wildman–Crippen MR) is 55.6 cm³/mol. The van der Waals surface area contributed by atoms with Gasteiger partial charge in [0.1, 0.15) is 0 Å². The molecule has 0 fully saturated rings. The molecule has 0 bridgehead atoms. The molecule has 2 heteroatoms. The molecule has 1 heterocycles. The molecule has 0 N–H and O–H groups in total. The third-order valence-electron chi connectivity index (χ3n) is 3.10. The third-order valence-corrected chi connectivity index (χ3v) is 3.10. The van der Waals surface area contributed by atoms with Gasteiger partial charge in [0.2, 0.25) is 0 Å². The van der Waals surface area contributed by atoms with Crippen molar-refractivity contribution >= 4 is 0 Å². The molecule has 0 saturated carbocycles. The quantitative estimate of drug-likeness (QED) is 0.582. The zero-order valence-corrected chi connectivity index (χ0v) is 8.62. The highest BCUT2D eigenvalue weighted by molar-refractivity contribution is 5.38. The molecule has 0 aliphatic carbocycles. The van der Waals surface area contributed by atoms with Crippen LogP contribution in [0.15, 0.2) is 18.2 Å². The first-order chi connectivity index (χ1) is 6.74. The van der Waals surface area contributed by atoms with E-state index in [0.29, 0.717) is 0 Å². The molecular weight excluding hydrogens is 172 g/mol. The van der Waals surface area contributed by atoms with Crippen molar-refractivity contribution in [2.24, 2.45) is 0 Å². The topological polar surface area (TPSA) is 27.0 Å². The Labute approximate surface area is 84.8 Å². The van der Waals surface area contributed by atoms with Gasteiger partial charge in [-0.25, -0.2) is 0 Å². The van der Waals surface area contributed by atoms with E-state index in [1.54, 1.807) is 0 Å². The summed E-state index contributed by atoms with van der Waals surface area (Å²) in [6.45, 7) is 5.10. The molecule has 0 saturated heterocycles.